The molecule has 0 aliphatic heterocycles. The van der Waals surface area contributed by atoms with Gasteiger partial charge in [-0.25, -0.2) is 4.79 Å². The molecule has 0 radical (unpaired) electrons. The number of amides is 1. The molecule has 1 aromatic carbocycles. The van der Waals surface area contributed by atoms with E-state index in [1.807, 2.05) is 0 Å². The maximum absolute atomic E-state index is 12.4. The Morgan fingerprint density at radius 2 is 1.60 bits per heavy atom. The highest BCUT2D eigenvalue weighted by molar-refractivity contribution is 5.97. The van der Waals surface area contributed by atoms with Crippen LogP contribution in [-0.2, 0) is 6.54 Å². The minimum atomic E-state index is -1.08. The summed E-state index contributed by atoms with van der Waals surface area (Å²) >= 11 is 0. The largest absolute Gasteiger partial charge is 0.496 e. The SMILES string of the molecule is COc1cc(OC)c(C(=O)NCc2cc(C(=O)O)c(C)o2)cc1OC. The second kappa shape index (κ2) is 7.61. The molecule has 0 saturated carbocycles. The first-order valence-corrected chi connectivity index (χ1v) is 7.32. The first-order valence-electron chi connectivity index (χ1n) is 7.32. The number of hydrogen-bond donors (Lipinski definition) is 2. The number of carboxylic acids is 1. The summed E-state index contributed by atoms with van der Waals surface area (Å²) in [7, 11) is 4.38. The van der Waals surface area contributed by atoms with Crippen LogP contribution in [0.5, 0.6) is 17.2 Å². The van der Waals surface area contributed by atoms with E-state index in [0.29, 0.717) is 23.0 Å². The van der Waals surface area contributed by atoms with Crippen molar-refractivity contribution in [3.63, 3.8) is 0 Å². The zero-order valence-electron chi connectivity index (χ0n) is 14.3. The summed E-state index contributed by atoms with van der Waals surface area (Å²) in [6, 6.07) is 4.43. The number of methoxy groups -OCH3 is 3. The Balaban J connectivity index is 2.20. The van der Waals surface area contributed by atoms with E-state index in [-0.39, 0.29) is 23.4 Å². The molecule has 2 aromatic rings. The van der Waals surface area contributed by atoms with Crippen LogP contribution in [0, 0.1) is 6.92 Å². The van der Waals surface area contributed by atoms with Crippen molar-refractivity contribution in [2.75, 3.05) is 21.3 Å². The van der Waals surface area contributed by atoms with Crippen LogP contribution in [0.2, 0.25) is 0 Å². The third kappa shape index (κ3) is 3.85. The van der Waals surface area contributed by atoms with Gasteiger partial charge in [0.25, 0.3) is 5.91 Å². The minimum Gasteiger partial charge on any atom is -0.496 e. The molecule has 8 heteroatoms. The Kier molecular flexibility index (Phi) is 5.53. The number of aromatic carboxylic acids is 1. The number of ether oxygens (including phenoxy) is 3. The number of carbonyl (C=O) groups is 2. The van der Waals surface area contributed by atoms with E-state index in [1.165, 1.54) is 33.5 Å². The number of hydrogen-bond acceptors (Lipinski definition) is 6. The van der Waals surface area contributed by atoms with Gasteiger partial charge in [-0.15, -0.1) is 0 Å². The fourth-order valence-corrected chi connectivity index (χ4v) is 2.31. The third-order valence-corrected chi connectivity index (χ3v) is 3.57. The normalized spacial score (nSPS) is 10.2. The van der Waals surface area contributed by atoms with Gasteiger partial charge in [-0.05, 0) is 13.0 Å². The Hall–Kier alpha value is -3.16. The lowest BCUT2D eigenvalue weighted by atomic mass is 10.1. The topological polar surface area (TPSA) is 107 Å². The van der Waals surface area contributed by atoms with E-state index in [1.54, 1.807) is 13.0 Å². The number of carboxylic acid groups (broad SMARTS) is 1. The van der Waals surface area contributed by atoms with Crippen molar-refractivity contribution in [1.29, 1.82) is 0 Å². The molecule has 1 amide bonds. The lowest BCUT2D eigenvalue weighted by molar-refractivity contribution is 0.0694. The van der Waals surface area contributed by atoms with E-state index in [2.05, 4.69) is 5.32 Å². The highest BCUT2D eigenvalue weighted by Crippen LogP contribution is 2.34. The molecular weight excluding hydrogens is 330 g/mol. The van der Waals surface area contributed by atoms with Gasteiger partial charge in [0.2, 0.25) is 0 Å². The molecular formula is C17H19NO7. The van der Waals surface area contributed by atoms with Gasteiger partial charge in [0, 0.05) is 12.1 Å². The predicted molar refractivity (Wildman–Crippen MR) is 87.7 cm³/mol. The van der Waals surface area contributed by atoms with E-state index in [4.69, 9.17) is 23.7 Å². The van der Waals surface area contributed by atoms with Gasteiger partial charge >= 0.3 is 5.97 Å². The van der Waals surface area contributed by atoms with Crippen molar-refractivity contribution in [3.8, 4) is 17.2 Å². The summed E-state index contributed by atoms with van der Waals surface area (Å²) < 4.78 is 20.9. The maximum Gasteiger partial charge on any atom is 0.339 e. The lowest BCUT2D eigenvalue weighted by Crippen LogP contribution is -2.23. The second-order valence-electron chi connectivity index (χ2n) is 5.08. The van der Waals surface area contributed by atoms with Crippen molar-refractivity contribution >= 4 is 11.9 Å². The molecule has 8 nitrogen and oxygen atoms in total. The predicted octanol–water partition coefficient (Wildman–Crippen LogP) is 2.24. The fourth-order valence-electron chi connectivity index (χ4n) is 2.31. The quantitative estimate of drug-likeness (QED) is 0.789. The van der Waals surface area contributed by atoms with Crippen LogP contribution in [0.3, 0.4) is 0 Å². The zero-order valence-corrected chi connectivity index (χ0v) is 14.3. The molecule has 0 spiro atoms. The van der Waals surface area contributed by atoms with Gasteiger partial charge in [-0.3, -0.25) is 4.79 Å². The summed E-state index contributed by atoms with van der Waals surface area (Å²) in [6.07, 6.45) is 0. The summed E-state index contributed by atoms with van der Waals surface area (Å²) in [4.78, 5) is 23.5. The average Bonchev–Trinajstić information content (AvgIpc) is 2.99. The summed E-state index contributed by atoms with van der Waals surface area (Å²) in [6.45, 7) is 1.58. The molecule has 1 heterocycles. The Morgan fingerprint density at radius 3 is 2.12 bits per heavy atom. The monoisotopic (exact) mass is 349 g/mol. The van der Waals surface area contributed by atoms with E-state index < -0.39 is 11.9 Å². The number of nitrogens with one attached hydrogen (secondary N) is 1. The summed E-state index contributed by atoms with van der Waals surface area (Å²) in [5, 5.41) is 11.7. The standard InChI is InChI=1S/C17H19NO7/c1-9-11(17(20)21)5-10(25-9)8-18-16(19)12-6-14(23-3)15(24-4)7-13(12)22-2/h5-7H,8H2,1-4H3,(H,18,19)(H,20,21). The smallest absolute Gasteiger partial charge is 0.339 e. The van der Waals surface area contributed by atoms with Crippen molar-refractivity contribution in [2.24, 2.45) is 0 Å². The molecule has 0 fully saturated rings. The van der Waals surface area contributed by atoms with Crippen molar-refractivity contribution < 1.29 is 33.3 Å². The van der Waals surface area contributed by atoms with Gasteiger partial charge in [0.1, 0.15) is 22.8 Å². The number of benzene rings is 1. The molecule has 1 aromatic heterocycles. The van der Waals surface area contributed by atoms with Crippen molar-refractivity contribution in [3.05, 3.63) is 40.8 Å². The number of aryl methyl sites for hydroxylation is 1. The Bertz CT molecular complexity index is 795. The van der Waals surface area contributed by atoms with Crippen LogP contribution in [0.25, 0.3) is 0 Å². The molecule has 0 aliphatic rings. The maximum atomic E-state index is 12.4. The van der Waals surface area contributed by atoms with Gasteiger partial charge in [0.05, 0.1) is 33.4 Å². The summed E-state index contributed by atoms with van der Waals surface area (Å²) in [5.41, 5.74) is 0.315. The number of furan rings is 1. The molecule has 0 saturated heterocycles. The zero-order chi connectivity index (χ0) is 18.6. The Labute approximate surface area is 144 Å². The van der Waals surface area contributed by atoms with Crippen LogP contribution in [0.15, 0.2) is 22.6 Å². The third-order valence-electron chi connectivity index (χ3n) is 3.57. The molecule has 2 rings (SSSR count). The van der Waals surface area contributed by atoms with Crippen LogP contribution in [0.4, 0.5) is 0 Å². The number of carbonyl (C=O) groups excluding carboxylic acids is 1. The fraction of sp³-hybridized carbons (Fsp3) is 0.294. The molecule has 0 unspecified atom stereocenters. The lowest BCUT2D eigenvalue weighted by Gasteiger charge is -2.13. The van der Waals surface area contributed by atoms with Crippen LogP contribution >= 0.6 is 0 Å². The van der Waals surface area contributed by atoms with Gasteiger partial charge in [-0.2, -0.15) is 0 Å². The van der Waals surface area contributed by atoms with Crippen molar-refractivity contribution in [2.45, 2.75) is 13.5 Å². The average molecular weight is 349 g/mol. The Morgan fingerprint density at radius 1 is 1.00 bits per heavy atom. The van der Waals surface area contributed by atoms with E-state index >= 15 is 0 Å². The summed E-state index contributed by atoms with van der Waals surface area (Å²) in [5.74, 6) is 0.239. The van der Waals surface area contributed by atoms with Gasteiger partial charge < -0.3 is 29.1 Å². The number of rotatable bonds is 7. The molecule has 0 bridgehead atoms. The van der Waals surface area contributed by atoms with Gasteiger partial charge in [-0.1, -0.05) is 0 Å². The van der Waals surface area contributed by atoms with Crippen molar-refractivity contribution in [1.82, 2.24) is 5.32 Å². The first kappa shape index (κ1) is 18.2. The minimum absolute atomic E-state index is 0.0322. The first-order chi connectivity index (χ1) is 11.9. The molecule has 134 valence electrons. The van der Waals surface area contributed by atoms with Crippen LogP contribution in [0.1, 0.15) is 32.2 Å². The van der Waals surface area contributed by atoms with E-state index in [9.17, 15) is 9.59 Å². The highest BCUT2D eigenvalue weighted by atomic mass is 16.5. The van der Waals surface area contributed by atoms with E-state index in [0.717, 1.165) is 0 Å². The van der Waals surface area contributed by atoms with Crippen LogP contribution in [-0.4, -0.2) is 38.3 Å². The molecule has 0 aliphatic carbocycles. The molecule has 0 atom stereocenters. The second-order valence-corrected chi connectivity index (χ2v) is 5.08. The highest BCUT2D eigenvalue weighted by Gasteiger charge is 2.19. The molecule has 25 heavy (non-hydrogen) atoms. The van der Waals surface area contributed by atoms with Gasteiger partial charge in [0.15, 0.2) is 11.5 Å². The molecule has 2 N–H and O–H groups in total. The van der Waals surface area contributed by atoms with Crippen LogP contribution < -0.4 is 19.5 Å².